The third-order valence-corrected chi connectivity index (χ3v) is 7.02. The minimum absolute atomic E-state index is 0.00510. The molecule has 19 heavy (non-hydrogen) atoms. The standard InChI is InChI=1S/C15H18F2OTe/c1-3-5-10-6-9-13(19-10)11-7-8-12(18-4-2)15(17)14(11)16/h6-9H,3-5,19H2,1-2H3. The molecule has 0 radical (unpaired) electrons. The van der Waals surface area contributed by atoms with Crippen LogP contribution in [-0.2, 0) is 0 Å². The number of benzene rings is 1. The first-order valence-corrected chi connectivity index (χ1v) is 9.31. The van der Waals surface area contributed by atoms with Gasteiger partial charge >= 0.3 is 122 Å². The molecular formula is C15H18F2OTe. The van der Waals surface area contributed by atoms with Gasteiger partial charge in [0.2, 0.25) is 0 Å². The summed E-state index contributed by atoms with van der Waals surface area (Å²) in [4.78, 5) is 0. The molecule has 0 saturated carbocycles. The number of rotatable bonds is 5. The Morgan fingerprint density at radius 1 is 1.11 bits per heavy atom. The summed E-state index contributed by atoms with van der Waals surface area (Å²) in [5, 5.41) is 0. The molecule has 0 spiro atoms. The van der Waals surface area contributed by atoms with Crippen LogP contribution in [0.1, 0.15) is 32.3 Å². The van der Waals surface area contributed by atoms with E-state index in [-0.39, 0.29) is 5.75 Å². The van der Waals surface area contributed by atoms with Gasteiger partial charge in [-0.05, 0) is 0 Å². The summed E-state index contributed by atoms with van der Waals surface area (Å²) in [6.07, 6.45) is 6.22. The van der Waals surface area contributed by atoms with Crippen LogP contribution in [0.4, 0.5) is 8.78 Å². The van der Waals surface area contributed by atoms with Gasteiger partial charge in [0.1, 0.15) is 0 Å². The van der Waals surface area contributed by atoms with Gasteiger partial charge < -0.3 is 0 Å². The van der Waals surface area contributed by atoms with Gasteiger partial charge in [-0.25, -0.2) is 0 Å². The van der Waals surface area contributed by atoms with Crippen LogP contribution in [0.5, 0.6) is 5.75 Å². The number of hydrogen-bond acceptors (Lipinski definition) is 1. The van der Waals surface area contributed by atoms with Crippen LogP contribution in [-0.4, -0.2) is 27.5 Å². The van der Waals surface area contributed by atoms with E-state index in [4.69, 9.17) is 4.74 Å². The second-order valence-corrected chi connectivity index (χ2v) is 8.40. The van der Waals surface area contributed by atoms with Crippen LogP contribution in [0, 0.1) is 11.6 Å². The first-order chi connectivity index (χ1) is 9.17. The maximum absolute atomic E-state index is 14.1. The summed E-state index contributed by atoms with van der Waals surface area (Å²) in [6.45, 7) is 4.22. The van der Waals surface area contributed by atoms with Crippen LogP contribution >= 0.6 is 0 Å². The molecule has 1 aromatic carbocycles. The van der Waals surface area contributed by atoms with Crippen molar-refractivity contribution in [2.24, 2.45) is 0 Å². The SMILES string of the molecule is CCCC1=CC=C(c2ccc(OCC)c(F)c2F)[TeH2]1. The summed E-state index contributed by atoms with van der Waals surface area (Å²) < 4.78 is 35.4. The molecule has 0 bridgehead atoms. The van der Waals surface area contributed by atoms with E-state index in [1.54, 1.807) is 13.0 Å². The molecule has 0 saturated heterocycles. The molecule has 0 amide bonds. The molecule has 0 N–H and O–H groups in total. The van der Waals surface area contributed by atoms with Gasteiger partial charge in [0.25, 0.3) is 0 Å². The molecule has 1 aliphatic rings. The molecule has 0 aliphatic carbocycles. The Kier molecular flexibility index (Phi) is 5.01. The number of halogens is 2. The molecular weight excluding hydrogens is 362 g/mol. The summed E-state index contributed by atoms with van der Waals surface area (Å²) in [5.74, 6) is -1.65. The Hall–Kier alpha value is -0.850. The van der Waals surface area contributed by atoms with Crippen molar-refractivity contribution in [1.29, 1.82) is 0 Å². The molecule has 4 heteroatoms. The Morgan fingerprint density at radius 2 is 1.89 bits per heavy atom. The molecule has 0 aromatic heterocycles. The van der Waals surface area contributed by atoms with Crippen molar-refractivity contribution >= 4 is 24.5 Å². The molecule has 1 heterocycles. The monoisotopic (exact) mass is 382 g/mol. The van der Waals surface area contributed by atoms with Gasteiger partial charge in [0, 0.05) is 0 Å². The number of hydrogen-bond donors (Lipinski definition) is 0. The quantitative estimate of drug-likeness (QED) is 0.711. The van der Waals surface area contributed by atoms with Crippen LogP contribution < -0.4 is 4.74 Å². The Balaban J connectivity index is 2.22. The summed E-state index contributed by atoms with van der Waals surface area (Å²) in [5.41, 5.74) is 0.412. The molecule has 2 rings (SSSR count). The van der Waals surface area contributed by atoms with E-state index in [2.05, 4.69) is 13.0 Å². The number of ether oxygens (including phenoxy) is 1. The maximum atomic E-state index is 14.1. The van der Waals surface area contributed by atoms with E-state index in [1.807, 2.05) is 6.08 Å². The van der Waals surface area contributed by atoms with Gasteiger partial charge in [0.15, 0.2) is 0 Å². The summed E-state index contributed by atoms with van der Waals surface area (Å²) in [7, 11) is 0. The Bertz CT molecular complexity index is 535. The van der Waals surface area contributed by atoms with E-state index in [1.165, 1.54) is 9.69 Å². The first kappa shape index (κ1) is 14.6. The van der Waals surface area contributed by atoms with E-state index < -0.39 is 32.6 Å². The van der Waals surface area contributed by atoms with Crippen LogP contribution in [0.2, 0.25) is 0 Å². The molecule has 1 aliphatic heterocycles. The zero-order chi connectivity index (χ0) is 13.8. The fraction of sp³-hybridized carbons (Fsp3) is 0.333. The van der Waals surface area contributed by atoms with Crippen molar-refractivity contribution in [2.75, 3.05) is 6.61 Å². The molecule has 0 fully saturated rings. The Labute approximate surface area is 122 Å². The Morgan fingerprint density at radius 3 is 2.58 bits per heavy atom. The average molecular weight is 380 g/mol. The second kappa shape index (κ2) is 6.54. The zero-order valence-electron chi connectivity index (χ0n) is 11.1. The molecule has 104 valence electrons. The van der Waals surface area contributed by atoms with E-state index in [0.717, 1.165) is 16.5 Å². The van der Waals surface area contributed by atoms with Crippen molar-refractivity contribution in [2.45, 2.75) is 26.7 Å². The second-order valence-electron chi connectivity index (χ2n) is 4.32. The van der Waals surface area contributed by atoms with Crippen LogP contribution in [0.15, 0.2) is 27.9 Å². The molecule has 1 aromatic rings. The van der Waals surface area contributed by atoms with Crippen molar-refractivity contribution in [3.05, 3.63) is 45.1 Å². The van der Waals surface area contributed by atoms with Gasteiger partial charge in [0.05, 0.1) is 0 Å². The summed E-state index contributed by atoms with van der Waals surface area (Å²) in [6, 6.07) is 3.16. The number of allylic oxidation sites excluding steroid dienone is 3. The van der Waals surface area contributed by atoms with Crippen molar-refractivity contribution in [1.82, 2.24) is 0 Å². The zero-order valence-corrected chi connectivity index (χ0v) is 13.9. The van der Waals surface area contributed by atoms with E-state index in [0.29, 0.717) is 12.2 Å². The predicted octanol–water partition coefficient (Wildman–Crippen LogP) is 3.57. The van der Waals surface area contributed by atoms with Crippen molar-refractivity contribution < 1.29 is 13.5 Å². The molecule has 0 unspecified atom stereocenters. The minimum atomic E-state index is -0.923. The van der Waals surface area contributed by atoms with E-state index >= 15 is 0 Å². The topological polar surface area (TPSA) is 9.23 Å². The average Bonchev–Trinajstić information content (AvgIpc) is 2.84. The van der Waals surface area contributed by atoms with Gasteiger partial charge in [-0.2, -0.15) is 0 Å². The first-order valence-electron chi connectivity index (χ1n) is 6.46. The van der Waals surface area contributed by atoms with E-state index in [9.17, 15) is 8.78 Å². The van der Waals surface area contributed by atoms with Crippen molar-refractivity contribution in [3.63, 3.8) is 0 Å². The van der Waals surface area contributed by atoms with Gasteiger partial charge in [-0.1, -0.05) is 0 Å². The predicted molar refractivity (Wildman–Crippen MR) is 77.0 cm³/mol. The third kappa shape index (κ3) is 3.19. The normalized spacial score (nSPS) is 16.4. The fourth-order valence-electron chi connectivity index (χ4n) is 2.02. The molecule has 0 atom stereocenters. The van der Waals surface area contributed by atoms with Gasteiger partial charge in [-0.15, -0.1) is 0 Å². The van der Waals surface area contributed by atoms with Gasteiger partial charge in [-0.3, -0.25) is 0 Å². The van der Waals surface area contributed by atoms with Crippen molar-refractivity contribution in [3.8, 4) is 5.75 Å². The third-order valence-electron chi connectivity index (χ3n) is 2.90. The van der Waals surface area contributed by atoms with Crippen LogP contribution in [0.3, 0.4) is 0 Å². The summed E-state index contributed by atoms with van der Waals surface area (Å²) >= 11 is -0.923. The molecule has 1 nitrogen and oxygen atoms in total. The van der Waals surface area contributed by atoms with Crippen LogP contribution in [0.25, 0.3) is 3.62 Å². The fourth-order valence-corrected chi connectivity index (χ4v) is 5.96.